The van der Waals surface area contributed by atoms with Crippen LogP contribution in [0.15, 0.2) is 0 Å². The van der Waals surface area contributed by atoms with E-state index in [9.17, 15) is 4.79 Å². The summed E-state index contributed by atoms with van der Waals surface area (Å²) < 4.78 is 0. The van der Waals surface area contributed by atoms with Crippen LogP contribution in [0.5, 0.6) is 0 Å². The molecule has 1 amide bonds. The number of carbonyl (C=O) groups is 1. The zero-order chi connectivity index (χ0) is 13.5. The lowest BCUT2D eigenvalue weighted by Gasteiger charge is -2.34. The van der Waals surface area contributed by atoms with Crippen molar-refractivity contribution in [1.82, 2.24) is 14.7 Å². The molecule has 2 N–H and O–H groups in total. The summed E-state index contributed by atoms with van der Waals surface area (Å²) in [6.45, 7) is 5.83. The van der Waals surface area contributed by atoms with E-state index in [2.05, 4.69) is 9.80 Å². The average Bonchev–Trinajstić information content (AvgIpc) is 2.30. The summed E-state index contributed by atoms with van der Waals surface area (Å²) in [4.78, 5) is 18.3. The average molecular weight is 272 g/mol. The third-order valence-corrected chi connectivity index (χ3v) is 3.34. The van der Waals surface area contributed by atoms with Gasteiger partial charge in [-0.25, -0.2) is 0 Å². The molecule has 0 saturated carbocycles. The molecule has 104 valence electrons. The van der Waals surface area contributed by atoms with Gasteiger partial charge < -0.3 is 15.5 Å². The second kappa shape index (κ2) is 7.66. The molecule has 1 saturated heterocycles. The van der Waals surface area contributed by atoms with E-state index in [1.807, 2.05) is 0 Å². The second-order valence-corrected chi connectivity index (χ2v) is 5.50. The topological polar surface area (TPSA) is 52.8 Å². The van der Waals surface area contributed by atoms with E-state index < -0.39 is 0 Å². The molecule has 1 heterocycles. The molecule has 0 spiro atoms. The Labute approximate surface area is 115 Å². The summed E-state index contributed by atoms with van der Waals surface area (Å²) in [7, 11) is 3.60. The van der Waals surface area contributed by atoms with Crippen LogP contribution >= 0.6 is 12.2 Å². The highest BCUT2D eigenvalue weighted by Gasteiger charge is 2.17. The monoisotopic (exact) mass is 272 g/mol. The SMILES string of the molecule is CN(C)C(=O)CCCN1CCN(CC(N)=S)CC1. The van der Waals surface area contributed by atoms with Crippen molar-refractivity contribution in [2.45, 2.75) is 12.8 Å². The Hall–Kier alpha value is -0.720. The smallest absolute Gasteiger partial charge is 0.222 e. The number of piperazine rings is 1. The van der Waals surface area contributed by atoms with Crippen LogP contribution in [0.3, 0.4) is 0 Å². The summed E-state index contributed by atoms with van der Waals surface area (Å²) in [6.07, 6.45) is 1.58. The van der Waals surface area contributed by atoms with Gasteiger partial charge in [0, 0.05) is 53.2 Å². The van der Waals surface area contributed by atoms with Crippen molar-refractivity contribution in [3.05, 3.63) is 0 Å². The number of hydrogen-bond donors (Lipinski definition) is 1. The fourth-order valence-electron chi connectivity index (χ4n) is 2.07. The van der Waals surface area contributed by atoms with E-state index in [4.69, 9.17) is 18.0 Å². The van der Waals surface area contributed by atoms with Crippen molar-refractivity contribution >= 4 is 23.1 Å². The molecule has 0 aromatic rings. The number of nitrogens with two attached hydrogens (primary N) is 1. The maximum atomic E-state index is 11.4. The summed E-state index contributed by atoms with van der Waals surface area (Å²) in [5.74, 6) is 0.210. The van der Waals surface area contributed by atoms with Gasteiger partial charge >= 0.3 is 0 Å². The Bertz CT molecular complexity index is 288. The first-order valence-corrected chi connectivity index (χ1v) is 6.83. The lowest BCUT2D eigenvalue weighted by atomic mass is 10.2. The standard InChI is InChI=1S/C12H24N4OS/c1-14(2)12(17)4-3-5-15-6-8-16(9-7-15)10-11(13)18/h3-10H2,1-2H3,(H2,13,18). The van der Waals surface area contributed by atoms with Gasteiger partial charge in [-0.05, 0) is 13.0 Å². The second-order valence-electron chi connectivity index (χ2n) is 4.98. The Morgan fingerprint density at radius 2 is 1.78 bits per heavy atom. The molecule has 0 aliphatic carbocycles. The number of thiocarbonyl (C=S) groups is 1. The van der Waals surface area contributed by atoms with Crippen LogP contribution in [0.2, 0.25) is 0 Å². The molecule has 18 heavy (non-hydrogen) atoms. The Balaban J connectivity index is 2.12. The minimum Gasteiger partial charge on any atom is -0.392 e. The molecule has 1 rings (SSSR count). The van der Waals surface area contributed by atoms with E-state index in [0.717, 1.165) is 45.7 Å². The first-order chi connectivity index (χ1) is 8.49. The molecule has 0 bridgehead atoms. The van der Waals surface area contributed by atoms with Gasteiger partial charge in [-0.1, -0.05) is 12.2 Å². The zero-order valence-electron chi connectivity index (χ0n) is 11.4. The third kappa shape index (κ3) is 5.75. The van der Waals surface area contributed by atoms with E-state index in [1.54, 1.807) is 19.0 Å². The van der Waals surface area contributed by atoms with Crippen LogP contribution in [0.1, 0.15) is 12.8 Å². The van der Waals surface area contributed by atoms with Gasteiger partial charge in [-0.3, -0.25) is 9.69 Å². The molecule has 1 aliphatic rings. The highest BCUT2D eigenvalue weighted by atomic mass is 32.1. The lowest BCUT2D eigenvalue weighted by molar-refractivity contribution is -0.128. The van der Waals surface area contributed by atoms with Crippen molar-refractivity contribution < 1.29 is 4.79 Å². The summed E-state index contributed by atoms with van der Waals surface area (Å²) >= 11 is 4.91. The number of amides is 1. The van der Waals surface area contributed by atoms with Gasteiger partial charge in [0.15, 0.2) is 0 Å². The number of nitrogens with zero attached hydrogens (tertiary/aromatic N) is 3. The van der Waals surface area contributed by atoms with Gasteiger partial charge in [-0.15, -0.1) is 0 Å². The molecule has 6 heteroatoms. The van der Waals surface area contributed by atoms with E-state index in [0.29, 0.717) is 11.4 Å². The molecule has 0 unspecified atom stereocenters. The zero-order valence-corrected chi connectivity index (χ0v) is 12.2. The van der Waals surface area contributed by atoms with Gasteiger partial charge in [-0.2, -0.15) is 0 Å². The van der Waals surface area contributed by atoms with Crippen LogP contribution in [0.4, 0.5) is 0 Å². The number of rotatable bonds is 6. The van der Waals surface area contributed by atoms with Gasteiger partial charge in [0.2, 0.25) is 5.91 Å². The van der Waals surface area contributed by atoms with Gasteiger partial charge in [0.1, 0.15) is 0 Å². The first-order valence-electron chi connectivity index (χ1n) is 6.42. The van der Waals surface area contributed by atoms with Crippen LogP contribution in [0.25, 0.3) is 0 Å². The molecule has 0 radical (unpaired) electrons. The van der Waals surface area contributed by atoms with E-state index >= 15 is 0 Å². The highest BCUT2D eigenvalue weighted by molar-refractivity contribution is 7.80. The molecular formula is C12H24N4OS. The van der Waals surface area contributed by atoms with Crippen LogP contribution in [0, 0.1) is 0 Å². The number of carbonyl (C=O) groups excluding carboxylic acids is 1. The highest BCUT2D eigenvalue weighted by Crippen LogP contribution is 2.04. The Morgan fingerprint density at radius 1 is 1.22 bits per heavy atom. The molecule has 0 atom stereocenters. The summed E-state index contributed by atoms with van der Waals surface area (Å²) in [5.41, 5.74) is 5.53. The molecule has 5 nitrogen and oxygen atoms in total. The van der Waals surface area contributed by atoms with E-state index in [-0.39, 0.29) is 5.91 Å². The van der Waals surface area contributed by atoms with E-state index in [1.165, 1.54) is 0 Å². The minimum atomic E-state index is 0.210. The molecular weight excluding hydrogens is 248 g/mol. The predicted molar refractivity (Wildman–Crippen MR) is 77.6 cm³/mol. The van der Waals surface area contributed by atoms with Gasteiger partial charge in [0.05, 0.1) is 4.99 Å². The van der Waals surface area contributed by atoms with Crippen LogP contribution in [-0.4, -0.2) is 79.0 Å². The van der Waals surface area contributed by atoms with Crippen molar-refractivity contribution in [3.8, 4) is 0 Å². The van der Waals surface area contributed by atoms with Crippen molar-refractivity contribution in [1.29, 1.82) is 0 Å². The molecule has 0 aromatic heterocycles. The molecule has 0 aromatic carbocycles. The number of hydrogen-bond acceptors (Lipinski definition) is 4. The largest absolute Gasteiger partial charge is 0.392 e. The first kappa shape index (κ1) is 15.3. The van der Waals surface area contributed by atoms with Crippen molar-refractivity contribution in [3.63, 3.8) is 0 Å². The van der Waals surface area contributed by atoms with Gasteiger partial charge in [0.25, 0.3) is 0 Å². The Kier molecular flexibility index (Phi) is 6.52. The Morgan fingerprint density at radius 3 is 2.28 bits per heavy atom. The molecule has 1 aliphatic heterocycles. The van der Waals surface area contributed by atoms with Crippen molar-refractivity contribution in [2.75, 3.05) is 53.4 Å². The quantitative estimate of drug-likeness (QED) is 0.676. The fourth-order valence-corrected chi connectivity index (χ4v) is 2.25. The normalized spacial score (nSPS) is 17.7. The minimum absolute atomic E-state index is 0.210. The van der Waals surface area contributed by atoms with Crippen molar-refractivity contribution in [2.24, 2.45) is 5.73 Å². The summed E-state index contributed by atoms with van der Waals surface area (Å²) in [5, 5.41) is 0. The summed E-state index contributed by atoms with van der Waals surface area (Å²) in [6, 6.07) is 0. The maximum absolute atomic E-state index is 11.4. The van der Waals surface area contributed by atoms with Crippen LogP contribution < -0.4 is 5.73 Å². The third-order valence-electron chi connectivity index (χ3n) is 3.21. The van der Waals surface area contributed by atoms with Crippen LogP contribution in [-0.2, 0) is 4.79 Å². The maximum Gasteiger partial charge on any atom is 0.222 e. The molecule has 1 fully saturated rings. The predicted octanol–water partition coefficient (Wildman–Crippen LogP) is -0.241. The lowest BCUT2D eigenvalue weighted by Crippen LogP contribution is -2.48. The fraction of sp³-hybridized carbons (Fsp3) is 0.833.